The molecule has 8 nitrogen and oxygen atoms in total. The summed E-state index contributed by atoms with van der Waals surface area (Å²) < 4.78 is 11.6. The molecule has 0 unspecified atom stereocenters. The van der Waals surface area contributed by atoms with Crippen LogP contribution in [-0.4, -0.2) is 54.7 Å². The second kappa shape index (κ2) is 11.4. The maximum atomic E-state index is 12.9. The molecule has 0 radical (unpaired) electrons. The number of phenolic OH excluding ortho intramolecular Hbond substituents is 1. The van der Waals surface area contributed by atoms with Crippen LogP contribution in [0.3, 0.4) is 0 Å². The number of hydrogen-bond donors (Lipinski definition) is 3. The molecule has 2 aromatic carbocycles. The lowest BCUT2D eigenvalue weighted by molar-refractivity contribution is -0.124. The molecule has 0 spiro atoms. The number of benzene rings is 2. The minimum Gasteiger partial charge on any atom is -0.506 e. The van der Waals surface area contributed by atoms with E-state index in [2.05, 4.69) is 29.4 Å². The number of fused-ring (bicyclic) bond motifs is 1. The number of ether oxygens (including phenoxy) is 2. The minimum absolute atomic E-state index is 0.0343. The van der Waals surface area contributed by atoms with Gasteiger partial charge in [0.05, 0.1) is 31.5 Å². The SMILES string of the molecule is CC(C)[C@H](NC(=O)CN1CCC(C(=O)Nc2ccccc2O)CC1)c1ccc2c(c1)OCCCO2. The zero-order valence-corrected chi connectivity index (χ0v) is 20.5. The van der Waals surface area contributed by atoms with Crippen LogP contribution in [0.15, 0.2) is 42.5 Å². The van der Waals surface area contributed by atoms with Crippen LogP contribution in [0.1, 0.15) is 44.7 Å². The van der Waals surface area contributed by atoms with E-state index in [4.69, 9.17) is 9.47 Å². The van der Waals surface area contributed by atoms with Gasteiger partial charge in [0.2, 0.25) is 11.8 Å². The van der Waals surface area contributed by atoms with Crippen molar-refractivity contribution in [3.05, 3.63) is 48.0 Å². The zero-order chi connectivity index (χ0) is 24.8. The summed E-state index contributed by atoms with van der Waals surface area (Å²) in [6.07, 6.45) is 2.19. The molecule has 2 aliphatic rings. The number of anilines is 1. The van der Waals surface area contributed by atoms with E-state index in [9.17, 15) is 14.7 Å². The van der Waals surface area contributed by atoms with Crippen molar-refractivity contribution in [3.8, 4) is 17.2 Å². The molecule has 1 saturated heterocycles. The Morgan fingerprint density at radius 2 is 1.77 bits per heavy atom. The molecule has 4 rings (SSSR count). The summed E-state index contributed by atoms with van der Waals surface area (Å²) in [5.41, 5.74) is 1.42. The van der Waals surface area contributed by atoms with E-state index in [0.717, 1.165) is 23.5 Å². The molecule has 2 heterocycles. The highest BCUT2D eigenvalue weighted by Gasteiger charge is 2.27. The average Bonchev–Trinajstić information content (AvgIpc) is 3.09. The fraction of sp³-hybridized carbons (Fsp3) is 0.481. The molecular formula is C27H35N3O5. The number of nitrogens with zero attached hydrogens (tertiary/aromatic N) is 1. The van der Waals surface area contributed by atoms with Gasteiger partial charge in [-0.1, -0.05) is 32.0 Å². The summed E-state index contributed by atoms with van der Waals surface area (Å²) in [7, 11) is 0. The van der Waals surface area contributed by atoms with Crippen molar-refractivity contribution in [1.29, 1.82) is 0 Å². The number of likely N-dealkylation sites (tertiary alicyclic amines) is 1. The van der Waals surface area contributed by atoms with Crippen molar-refractivity contribution in [2.24, 2.45) is 11.8 Å². The summed E-state index contributed by atoms with van der Waals surface area (Å²) in [6.45, 7) is 7.07. The summed E-state index contributed by atoms with van der Waals surface area (Å²) in [5.74, 6) is 1.46. The van der Waals surface area contributed by atoms with Crippen molar-refractivity contribution >= 4 is 17.5 Å². The molecule has 8 heteroatoms. The van der Waals surface area contributed by atoms with Gasteiger partial charge in [-0.15, -0.1) is 0 Å². The number of para-hydroxylation sites is 2. The van der Waals surface area contributed by atoms with Crippen LogP contribution in [0.4, 0.5) is 5.69 Å². The largest absolute Gasteiger partial charge is 0.506 e. The Balaban J connectivity index is 1.29. The van der Waals surface area contributed by atoms with E-state index in [0.29, 0.717) is 51.4 Å². The third kappa shape index (κ3) is 6.45. The number of nitrogens with one attached hydrogen (secondary N) is 2. The smallest absolute Gasteiger partial charge is 0.234 e. The standard InChI is InChI=1S/C27H35N3O5/c1-18(2)26(20-8-9-23-24(16-20)35-15-5-14-34-23)29-25(32)17-30-12-10-19(11-13-30)27(33)28-21-6-3-4-7-22(21)31/h3-4,6-9,16,18-19,26,31H,5,10-15,17H2,1-2H3,(H,28,33)(H,29,32)/t26-/m0/s1. The molecule has 1 atom stereocenters. The Bertz CT molecular complexity index is 1030. The molecular weight excluding hydrogens is 446 g/mol. The molecule has 2 aromatic rings. The second-order valence-electron chi connectivity index (χ2n) is 9.60. The van der Waals surface area contributed by atoms with E-state index in [-0.39, 0.29) is 35.4 Å². The lowest BCUT2D eigenvalue weighted by atomic mass is 9.95. The fourth-order valence-electron chi connectivity index (χ4n) is 4.60. The zero-order valence-electron chi connectivity index (χ0n) is 20.5. The van der Waals surface area contributed by atoms with E-state index in [1.54, 1.807) is 24.3 Å². The van der Waals surface area contributed by atoms with E-state index in [1.807, 2.05) is 18.2 Å². The Labute approximate surface area is 206 Å². The molecule has 3 N–H and O–H groups in total. The topological polar surface area (TPSA) is 100 Å². The van der Waals surface area contributed by atoms with Gasteiger partial charge in [0, 0.05) is 12.3 Å². The van der Waals surface area contributed by atoms with Crippen molar-refractivity contribution in [1.82, 2.24) is 10.2 Å². The molecule has 0 saturated carbocycles. The Morgan fingerprint density at radius 1 is 1.06 bits per heavy atom. The Hall–Kier alpha value is -3.26. The van der Waals surface area contributed by atoms with Crippen LogP contribution in [0, 0.1) is 11.8 Å². The number of amides is 2. The normalized spacial score (nSPS) is 17.5. The summed E-state index contributed by atoms with van der Waals surface area (Å²) in [4.78, 5) is 27.6. The van der Waals surface area contributed by atoms with Gasteiger partial charge >= 0.3 is 0 Å². The molecule has 35 heavy (non-hydrogen) atoms. The van der Waals surface area contributed by atoms with Crippen molar-refractivity contribution in [3.63, 3.8) is 0 Å². The Morgan fingerprint density at radius 3 is 2.49 bits per heavy atom. The van der Waals surface area contributed by atoms with Crippen LogP contribution in [-0.2, 0) is 9.59 Å². The summed E-state index contributed by atoms with van der Waals surface area (Å²) >= 11 is 0. The number of hydrogen-bond acceptors (Lipinski definition) is 6. The quantitative estimate of drug-likeness (QED) is 0.522. The minimum atomic E-state index is -0.140. The van der Waals surface area contributed by atoms with Gasteiger partial charge in [0.1, 0.15) is 5.75 Å². The monoisotopic (exact) mass is 481 g/mol. The highest BCUT2D eigenvalue weighted by molar-refractivity contribution is 5.94. The molecule has 188 valence electrons. The second-order valence-corrected chi connectivity index (χ2v) is 9.60. The molecule has 0 aliphatic carbocycles. The predicted octanol–water partition coefficient (Wildman–Crippen LogP) is 3.72. The van der Waals surface area contributed by atoms with Crippen LogP contribution < -0.4 is 20.1 Å². The number of aromatic hydroxyl groups is 1. The highest BCUT2D eigenvalue weighted by Crippen LogP contribution is 2.34. The van der Waals surface area contributed by atoms with Gasteiger partial charge in [0.15, 0.2) is 11.5 Å². The molecule has 0 aromatic heterocycles. The van der Waals surface area contributed by atoms with Gasteiger partial charge in [-0.05, 0) is 61.7 Å². The van der Waals surface area contributed by atoms with Gasteiger partial charge < -0.3 is 25.2 Å². The number of rotatable bonds is 7. The maximum absolute atomic E-state index is 12.9. The van der Waals surface area contributed by atoms with Gasteiger partial charge in [-0.3, -0.25) is 14.5 Å². The first-order valence-corrected chi connectivity index (χ1v) is 12.4. The summed E-state index contributed by atoms with van der Waals surface area (Å²) in [6, 6.07) is 12.5. The number of piperidine rings is 1. The van der Waals surface area contributed by atoms with Crippen LogP contribution in [0.25, 0.3) is 0 Å². The van der Waals surface area contributed by atoms with E-state index in [1.165, 1.54) is 0 Å². The maximum Gasteiger partial charge on any atom is 0.234 e. The van der Waals surface area contributed by atoms with Crippen molar-refractivity contribution < 1.29 is 24.2 Å². The van der Waals surface area contributed by atoms with Crippen molar-refractivity contribution in [2.75, 3.05) is 38.2 Å². The third-order valence-electron chi connectivity index (χ3n) is 6.60. The molecule has 2 aliphatic heterocycles. The first kappa shape index (κ1) is 24.9. The number of carbonyl (C=O) groups excluding carboxylic acids is 2. The highest BCUT2D eigenvalue weighted by atomic mass is 16.5. The first-order chi connectivity index (χ1) is 16.9. The lowest BCUT2D eigenvalue weighted by Gasteiger charge is -2.31. The number of carbonyl (C=O) groups is 2. The van der Waals surface area contributed by atoms with Crippen molar-refractivity contribution in [2.45, 2.75) is 39.2 Å². The van der Waals surface area contributed by atoms with E-state index < -0.39 is 0 Å². The number of phenols is 1. The first-order valence-electron chi connectivity index (χ1n) is 12.4. The average molecular weight is 482 g/mol. The Kier molecular flexibility index (Phi) is 8.13. The van der Waals surface area contributed by atoms with Crippen LogP contribution in [0.5, 0.6) is 17.2 Å². The van der Waals surface area contributed by atoms with Gasteiger partial charge in [-0.25, -0.2) is 0 Å². The third-order valence-corrected chi connectivity index (χ3v) is 6.60. The molecule has 1 fully saturated rings. The predicted molar refractivity (Wildman–Crippen MR) is 134 cm³/mol. The van der Waals surface area contributed by atoms with Gasteiger partial charge in [-0.2, -0.15) is 0 Å². The molecule has 2 amide bonds. The molecule has 0 bridgehead atoms. The van der Waals surface area contributed by atoms with Gasteiger partial charge in [0.25, 0.3) is 0 Å². The summed E-state index contributed by atoms with van der Waals surface area (Å²) in [5, 5.41) is 15.9. The van der Waals surface area contributed by atoms with Crippen LogP contribution >= 0.6 is 0 Å². The fourth-order valence-corrected chi connectivity index (χ4v) is 4.60. The lowest BCUT2D eigenvalue weighted by Crippen LogP contribution is -2.44. The van der Waals surface area contributed by atoms with E-state index >= 15 is 0 Å². The van der Waals surface area contributed by atoms with Crippen LogP contribution in [0.2, 0.25) is 0 Å².